The molecule has 3 nitrogen and oxygen atoms in total. The van der Waals surface area contributed by atoms with E-state index >= 15 is 0 Å². The molecule has 0 heterocycles. The zero-order valence-electron chi connectivity index (χ0n) is 9.21. The Kier molecular flexibility index (Phi) is 4.94. The summed E-state index contributed by atoms with van der Waals surface area (Å²) in [5.74, 6) is 0.559. The fraction of sp³-hybridized carbons (Fsp3) is 0.909. The molecule has 0 aromatic carbocycles. The highest BCUT2D eigenvalue weighted by Crippen LogP contribution is 2.23. The van der Waals surface area contributed by atoms with Gasteiger partial charge in [-0.2, -0.15) is 0 Å². The van der Waals surface area contributed by atoms with E-state index in [1.165, 1.54) is 25.7 Å². The van der Waals surface area contributed by atoms with Crippen LogP contribution in [-0.2, 0) is 9.53 Å². The number of carbonyl (C=O) groups excluding carboxylic acids is 1. The number of esters is 1. The Hall–Kier alpha value is -0.570. The average Bonchev–Trinajstić information content (AvgIpc) is 2.17. The molecule has 0 aliphatic heterocycles. The molecule has 0 aromatic heterocycles. The lowest BCUT2D eigenvalue weighted by atomic mass is 9.86. The maximum absolute atomic E-state index is 11.1. The highest BCUT2D eigenvalue weighted by Gasteiger charge is 2.21. The molecule has 1 aliphatic rings. The van der Waals surface area contributed by atoms with Gasteiger partial charge >= 0.3 is 5.97 Å². The third-order valence-electron chi connectivity index (χ3n) is 2.93. The van der Waals surface area contributed by atoms with E-state index in [1.54, 1.807) is 0 Å². The second-order valence-corrected chi connectivity index (χ2v) is 4.05. The van der Waals surface area contributed by atoms with E-state index in [0.717, 1.165) is 0 Å². The molecular formula is C11H21NO2. The van der Waals surface area contributed by atoms with Gasteiger partial charge in [0.15, 0.2) is 0 Å². The second-order valence-electron chi connectivity index (χ2n) is 4.05. The first-order valence-electron chi connectivity index (χ1n) is 5.63. The van der Waals surface area contributed by atoms with Crippen molar-refractivity contribution in [2.75, 3.05) is 13.2 Å². The van der Waals surface area contributed by atoms with Crippen LogP contribution in [-0.4, -0.2) is 25.2 Å². The predicted molar refractivity (Wildman–Crippen MR) is 56.1 cm³/mol. The maximum atomic E-state index is 11.1. The molecule has 1 fully saturated rings. The SMILES string of the molecule is CCOC(=O)CN[C@H]1CCCC[C@@H]1C. The minimum absolute atomic E-state index is 0.134. The first-order valence-corrected chi connectivity index (χ1v) is 5.63. The van der Waals surface area contributed by atoms with E-state index in [2.05, 4.69) is 12.2 Å². The van der Waals surface area contributed by atoms with Gasteiger partial charge in [-0.3, -0.25) is 4.79 Å². The molecule has 0 unspecified atom stereocenters. The summed E-state index contributed by atoms with van der Waals surface area (Å²) in [6, 6.07) is 0.508. The van der Waals surface area contributed by atoms with Crippen molar-refractivity contribution in [3.8, 4) is 0 Å². The van der Waals surface area contributed by atoms with Crippen LogP contribution in [0.3, 0.4) is 0 Å². The lowest BCUT2D eigenvalue weighted by molar-refractivity contribution is -0.142. The molecule has 3 heteroatoms. The van der Waals surface area contributed by atoms with Gasteiger partial charge < -0.3 is 10.1 Å². The minimum atomic E-state index is -0.134. The summed E-state index contributed by atoms with van der Waals surface area (Å²) in [6.07, 6.45) is 5.09. The monoisotopic (exact) mass is 199 g/mol. The van der Waals surface area contributed by atoms with Gasteiger partial charge in [0.1, 0.15) is 0 Å². The van der Waals surface area contributed by atoms with Crippen LogP contribution in [0.25, 0.3) is 0 Å². The van der Waals surface area contributed by atoms with E-state index in [1.807, 2.05) is 6.92 Å². The molecule has 0 amide bonds. The Balaban J connectivity index is 2.19. The summed E-state index contributed by atoms with van der Waals surface area (Å²) in [7, 11) is 0. The summed E-state index contributed by atoms with van der Waals surface area (Å²) in [4.78, 5) is 11.1. The molecule has 0 aromatic rings. The van der Waals surface area contributed by atoms with Crippen LogP contribution < -0.4 is 5.32 Å². The van der Waals surface area contributed by atoms with Crippen molar-refractivity contribution in [2.45, 2.75) is 45.6 Å². The molecule has 0 spiro atoms. The molecule has 14 heavy (non-hydrogen) atoms. The van der Waals surface area contributed by atoms with Crippen molar-refractivity contribution < 1.29 is 9.53 Å². The van der Waals surface area contributed by atoms with Crippen LogP contribution in [0.4, 0.5) is 0 Å². The van der Waals surface area contributed by atoms with E-state index in [-0.39, 0.29) is 5.97 Å². The molecule has 0 bridgehead atoms. The van der Waals surface area contributed by atoms with Crippen LogP contribution in [0.2, 0.25) is 0 Å². The molecule has 82 valence electrons. The summed E-state index contributed by atoms with van der Waals surface area (Å²) >= 11 is 0. The molecule has 1 saturated carbocycles. The summed E-state index contributed by atoms with van der Waals surface area (Å²) in [6.45, 7) is 4.92. The zero-order chi connectivity index (χ0) is 10.4. The molecule has 0 saturated heterocycles. The van der Waals surface area contributed by atoms with Crippen molar-refractivity contribution in [2.24, 2.45) is 5.92 Å². The summed E-state index contributed by atoms with van der Waals surface area (Å²) < 4.78 is 4.87. The van der Waals surface area contributed by atoms with Gasteiger partial charge in [0, 0.05) is 6.04 Å². The topological polar surface area (TPSA) is 38.3 Å². The van der Waals surface area contributed by atoms with Gasteiger partial charge in [0.2, 0.25) is 0 Å². The number of hydrogen-bond acceptors (Lipinski definition) is 3. The third-order valence-corrected chi connectivity index (χ3v) is 2.93. The molecule has 1 aliphatic carbocycles. The lowest BCUT2D eigenvalue weighted by Crippen LogP contribution is -2.40. The van der Waals surface area contributed by atoms with E-state index in [0.29, 0.717) is 25.1 Å². The highest BCUT2D eigenvalue weighted by molar-refractivity contribution is 5.71. The van der Waals surface area contributed by atoms with E-state index in [4.69, 9.17) is 4.74 Å². The van der Waals surface area contributed by atoms with Crippen molar-refractivity contribution >= 4 is 5.97 Å². The van der Waals surface area contributed by atoms with Crippen molar-refractivity contribution in [1.82, 2.24) is 5.32 Å². The van der Waals surface area contributed by atoms with Crippen molar-refractivity contribution in [3.63, 3.8) is 0 Å². The number of hydrogen-bond donors (Lipinski definition) is 1. The summed E-state index contributed by atoms with van der Waals surface area (Å²) in [5, 5.41) is 3.28. The quantitative estimate of drug-likeness (QED) is 0.701. The fourth-order valence-corrected chi connectivity index (χ4v) is 2.05. The Morgan fingerprint density at radius 1 is 1.43 bits per heavy atom. The van der Waals surface area contributed by atoms with Crippen LogP contribution in [0.1, 0.15) is 39.5 Å². The third kappa shape index (κ3) is 3.66. The van der Waals surface area contributed by atoms with Gasteiger partial charge in [-0.15, -0.1) is 0 Å². The predicted octanol–water partition coefficient (Wildman–Crippen LogP) is 1.72. The molecule has 0 radical (unpaired) electrons. The standard InChI is InChI=1S/C11H21NO2/c1-3-14-11(13)8-12-10-7-5-4-6-9(10)2/h9-10,12H,3-8H2,1-2H3/t9-,10-/m0/s1. The molecular weight excluding hydrogens is 178 g/mol. The largest absolute Gasteiger partial charge is 0.465 e. The highest BCUT2D eigenvalue weighted by atomic mass is 16.5. The smallest absolute Gasteiger partial charge is 0.319 e. The average molecular weight is 199 g/mol. The first kappa shape index (κ1) is 11.5. The maximum Gasteiger partial charge on any atom is 0.319 e. The molecule has 2 atom stereocenters. The Morgan fingerprint density at radius 3 is 2.79 bits per heavy atom. The minimum Gasteiger partial charge on any atom is -0.465 e. The van der Waals surface area contributed by atoms with E-state index in [9.17, 15) is 4.79 Å². The fourth-order valence-electron chi connectivity index (χ4n) is 2.05. The number of nitrogens with one attached hydrogen (secondary N) is 1. The van der Waals surface area contributed by atoms with Crippen LogP contribution in [0, 0.1) is 5.92 Å². The molecule has 1 rings (SSSR count). The van der Waals surface area contributed by atoms with Gasteiger partial charge in [-0.1, -0.05) is 19.8 Å². The van der Waals surface area contributed by atoms with Crippen LogP contribution in [0.15, 0.2) is 0 Å². The number of rotatable bonds is 4. The van der Waals surface area contributed by atoms with Gasteiger partial charge in [0.25, 0.3) is 0 Å². The molecule has 1 N–H and O–H groups in total. The van der Waals surface area contributed by atoms with Gasteiger partial charge in [0.05, 0.1) is 13.2 Å². The van der Waals surface area contributed by atoms with Gasteiger partial charge in [-0.05, 0) is 25.7 Å². The van der Waals surface area contributed by atoms with Gasteiger partial charge in [-0.25, -0.2) is 0 Å². The second kappa shape index (κ2) is 6.02. The Morgan fingerprint density at radius 2 is 2.14 bits per heavy atom. The van der Waals surface area contributed by atoms with Crippen molar-refractivity contribution in [3.05, 3.63) is 0 Å². The van der Waals surface area contributed by atoms with Crippen LogP contribution >= 0.6 is 0 Å². The first-order chi connectivity index (χ1) is 6.74. The normalized spacial score (nSPS) is 27.3. The van der Waals surface area contributed by atoms with E-state index < -0.39 is 0 Å². The number of carbonyl (C=O) groups is 1. The number of ether oxygens (including phenoxy) is 1. The van der Waals surface area contributed by atoms with Crippen molar-refractivity contribution in [1.29, 1.82) is 0 Å². The Labute approximate surface area is 86.2 Å². The summed E-state index contributed by atoms with van der Waals surface area (Å²) in [5.41, 5.74) is 0. The lowest BCUT2D eigenvalue weighted by Gasteiger charge is -2.29. The zero-order valence-corrected chi connectivity index (χ0v) is 9.21. The van der Waals surface area contributed by atoms with Crippen LogP contribution in [0.5, 0.6) is 0 Å². The Bertz CT molecular complexity index is 182.